The number of sulfone groups is 1. The van der Waals surface area contributed by atoms with Gasteiger partial charge in [-0.3, -0.25) is 4.79 Å². The Balaban J connectivity index is 2.03. The van der Waals surface area contributed by atoms with Crippen LogP contribution in [-0.4, -0.2) is 49.2 Å². The van der Waals surface area contributed by atoms with Gasteiger partial charge in [0.2, 0.25) is 5.91 Å². The monoisotopic (exact) mass is 293 g/mol. The second-order valence-corrected chi connectivity index (χ2v) is 7.88. The van der Waals surface area contributed by atoms with E-state index in [1.54, 1.807) is 4.90 Å². The molecule has 1 atom stereocenters. The maximum atomic E-state index is 11.9. The molecule has 18 heavy (non-hydrogen) atoms. The van der Waals surface area contributed by atoms with Crippen molar-refractivity contribution in [3.8, 4) is 0 Å². The lowest BCUT2D eigenvalue weighted by Gasteiger charge is -2.30. The summed E-state index contributed by atoms with van der Waals surface area (Å²) in [6.45, 7) is 0.686. The van der Waals surface area contributed by atoms with Crippen molar-refractivity contribution in [2.75, 3.05) is 23.9 Å². The zero-order valence-electron chi connectivity index (χ0n) is 10.5. The number of amides is 1. The Kier molecular flexibility index (Phi) is 4.54. The highest BCUT2D eigenvalue weighted by atomic mass is 35.5. The average molecular weight is 294 g/mol. The number of carbonyl (C=O) groups is 1. The van der Waals surface area contributed by atoms with Crippen molar-refractivity contribution < 1.29 is 13.2 Å². The van der Waals surface area contributed by atoms with Crippen LogP contribution in [-0.2, 0) is 14.6 Å². The number of carbonyl (C=O) groups excluding carboxylic acids is 1. The Morgan fingerprint density at radius 3 is 2.39 bits per heavy atom. The van der Waals surface area contributed by atoms with Crippen LogP contribution in [0.15, 0.2) is 0 Å². The molecule has 0 N–H and O–H groups in total. The van der Waals surface area contributed by atoms with Crippen LogP contribution >= 0.6 is 11.6 Å². The molecule has 1 unspecified atom stereocenters. The topological polar surface area (TPSA) is 54.5 Å². The van der Waals surface area contributed by atoms with Crippen molar-refractivity contribution in [2.24, 2.45) is 5.92 Å². The predicted molar refractivity (Wildman–Crippen MR) is 71.4 cm³/mol. The fourth-order valence-corrected chi connectivity index (χ4v) is 4.91. The predicted octanol–water partition coefficient (Wildman–Crippen LogP) is 1.43. The van der Waals surface area contributed by atoms with Gasteiger partial charge >= 0.3 is 0 Å². The van der Waals surface area contributed by atoms with E-state index in [0.29, 0.717) is 18.9 Å². The molecule has 1 saturated carbocycles. The van der Waals surface area contributed by atoms with E-state index in [9.17, 15) is 13.2 Å². The maximum absolute atomic E-state index is 11.9. The average Bonchev–Trinajstić information content (AvgIpc) is 2.94. The van der Waals surface area contributed by atoms with Gasteiger partial charge in [-0.1, -0.05) is 12.8 Å². The molecule has 104 valence electrons. The first-order valence-corrected chi connectivity index (χ1v) is 8.93. The van der Waals surface area contributed by atoms with Crippen LogP contribution in [0.4, 0.5) is 0 Å². The van der Waals surface area contributed by atoms with E-state index in [1.807, 2.05) is 0 Å². The largest absolute Gasteiger partial charge is 0.337 e. The molecule has 6 heteroatoms. The van der Waals surface area contributed by atoms with E-state index < -0.39 is 9.84 Å². The molecule has 0 radical (unpaired) electrons. The van der Waals surface area contributed by atoms with Crippen LogP contribution < -0.4 is 0 Å². The van der Waals surface area contributed by atoms with Gasteiger partial charge in [0.15, 0.2) is 9.84 Å². The molecule has 1 heterocycles. The molecule has 1 aliphatic carbocycles. The first-order valence-electron chi connectivity index (χ1n) is 6.57. The molecule has 2 fully saturated rings. The fourth-order valence-electron chi connectivity index (χ4n) is 3.02. The molecule has 0 spiro atoms. The van der Waals surface area contributed by atoms with E-state index in [1.165, 1.54) is 12.8 Å². The molecule has 4 nitrogen and oxygen atoms in total. The van der Waals surface area contributed by atoms with Crippen molar-refractivity contribution in [1.82, 2.24) is 4.90 Å². The van der Waals surface area contributed by atoms with Crippen molar-refractivity contribution in [2.45, 2.75) is 38.1 Å². The summed E-state index contributed by atoms with van der Waals surface area (Å²) in [6.07, 6.45) is 5.29. The van der Waals surface area contributed by atoms with Crippen LogP contribution in [0.25, 0.3) is 0 Å². The summed E-state index contributed by atoms with van der Waals surface area (Å²) in [5, 5.41) is 0. The van der Waals surface area contributed by atoms with Gasteiger partial charge in [-0.25, -0.2) is 8.42 Å². The summed E-state index contributed by atoms with van der Waals surface area (Å²) >= 11 is 5.64. The quantitative estimate of drug-likeness (QED) is 0.737. The van der Waals surface area contributed by atoms with Crippen LogP contribution in [0.3, 0.4) is 0 Å². The highest BCUT2D eigenvalue weighted by molar-refractivity contribution is 7.91. The summed E-state index contributed by atoms with van der Waals surface area (Å²) in [6, 6.07) is -0.151. The molecule has 1 amide bonds. The zero-order valence-corrected chi connectivity index (χ0v) is 12.0. The minimum absolute atomic E-state index is 0.0523. The van der Waals surface area contributed by atoms with Gasteiger partial charge < -0.3 is 4.90 Å². The Labute approximate surface area is 114 Å². The summed E-state index contributed by atoms with van der Waals surface area (Å²) in [5.41, 5.74) is 0. The standard InChI is InChI=1S/C12H20ClNO3S/c13-7-12(15)14(8-10-3-1-2-4-10)11-5-6-18(16,17)9-11/h10-11H,1-9H2. The zero-order chi connectivity index (χ0) is 13.2. The fraction of sp³-hybridized carbons (Fsp3) is 0.917. The van der Waals surface area contributed by atoms with Gasteiger partial charge in [0.25, 0.3) is 0 Å². The molecule has 0 aromatic heterocycles. The molecule has 2 aliphatic rings. The number of hydrogen-bond donors (Lipinski definition) is 0. The Morgan fingerprint density at radius 2 is 1.89 bits per heavy atom. The van der Waals surface area contributed by atoms with Crippen molar-refractivity contribution in [1.29, 1.82) is 0 Å². The van der Waals surface area contributed by atoms with Gasteiger partial charge in [0.05, 0.1) is 11.5 Å². The number of alkyl halides is 1. The van der Waals surface area contributed by atoms with Gasteiger partial charge in [0.1, 0.15) is 5.88 Å². The lowest BCUT2D eigenvalue weighted by atomic mass is 10.1. The summed E-state index contributed by atoms with van der Waals surface area (Å²) in [4.78, 5) is 13.6. The third-order valence-corrected chi connectivity index (χ3v) is 5.99. The van der Waals surface area contributed by atoms with E-state index >= 15 is 0 Å². The summed E-state index contributed by atoms with van der Waals surface area (Å²) in [5.74, 6) is 0.672. The lowest BCUT2D eigenvalue weighted by molar-refractivity contribution is -0.131. The SMILES string of the molecule is O=C(CCl)N(CC1CCCC1)C1CCS(=O)(=O)C1. The highest BCUT2D eigenvalue weighted by Crippen LogP contribution is 2.28. The Hall–Kier alpha value is -0.290. The molecule has 0 bridgehead atoms. The number of nitrogens with zero attached hydrogens (tertiary/aromatic N) is 1. The van der Waals surface area contributed by atoms with Crippen LogP contribution in [0.5, 0.6) is 0 Å². The van der Waals surface area contributed by atoms with Gasteiger partial charge in [-0.15, -0.1) is 11.6 Å². The Morgan fingerprint density at radius 1 is 1.22 bits per heavy atom. The van der Waals surface area contributed by atoms with E-state index in [0.717, 1.165) is 12.8 Å². The van der Waals surface area contributed by atoms with Gasteiger partial charge in [0, 0.05) is 12.6 Å². The molecular weight excluding hydrogens is 274 g/mol. The van der Waals surface area contributed by atoms with Crippen molar-refractivity contribution in [3.63, 3.8) is 0 Å². The molecule has 0 aromatic rings. The van der Waals surface area contributed by atoms with E-state index in [-0.39, 0.29) is 29.3 Å². The lowest BCUT2D eigenvalue weighted by Crippen LogP contribution is -2.44. The number of halogens is 1. The molecule has 0 aromatic carbocycles. The molecule has 1 saturated heterocycles. The van der Waals surface area contributed by atoms with E-state index in [4.69, 9.17) is 11.6 Å². The third-order valence-electron chi connectivity index (χ3n) is 4.01. The van der Waals surface area contributed by atoms with Crippen LogP contribution in [0.2, 0.25) is 0 Å². The molecular formula is C12H20ClNO3S. The van der Waals surface area contributed by atoms with Crippen LogP contribution in [0.1, 0.15) is 32.1 Å². The Bertz CT molecular complexity index is 404. The number of rotatable bonds is 4. The van der Waals surface area contributed by atoms with Crippen molar-refractivity contribution >= 4 is 27.3 Å². The van der Waals surface area contributed by atoms with Crippen molar-refractivity contribution in [3.05, 3.63) is 0 Å². The highest BCUT2D eigenvalue weighted by Gasteiger charge is 2.35. The minimum atomic E-state index is -2.95. The number of hydrogen-bond acceptors (Lipinski definition) is 3. The third kappa shape index (κ3) is 3.38. The smallest absolute Gasteiger partial charge is 0.237 e. The first-order chi connectivity index (χ1) is 8.52. The molecule has 1 aliphatic heterocycles. The van der Waals surface area contributed by atoms with Gasteiger partial charge in [-0.05, 0) is 25.2 Å². The van der Waals surface area contributed by atoms with Gasteiger partial charge in [-0.2, -0.15) is 0 Å². The van der Waals surface area contributed by atoms with E-state index in [2.05, 4.69) is 0 Å². The molecule has 2 rings (SSSR count). The first kappa shape index (κ1) is 14.1. The summed E-state index contributed by atoms with van der Waals surface area (Å²) < 4.78 is 23.0. The minimum Gasteiger partial charge on any atom is -0.337 e. The maximum Gasteiger partial charge on any atom is 0.237 e. The second-order valence-electron chi connectivity index (χ2n) is 5.39. The second kappa shape index (κ2) is 5.78. The normalized spacial score (nSPS) is 27.5. The van der Waals surface area contributed by atoms with Crippen LogP contribution in [0, 0.1) is 5.92 Å². The summed E-state index contributed by atoms with van der Waals surface area (Å²) in [7, 11) is -2.95.